The molecule has 0 saturated carbocycles. The second-order valence-corrected chi connectivity index (χ2v) is 7.80. The number of sulfonamides is 1. The molecule has 0 aliphatic rings. The number of benzene rings is 2. The molecule has 8 nitrogen and oxygen atoms in total. The summed E-state index contributed by atoms with van der Waals surface area (Å²) in [7, 11) is -3.80. The van der Waals surface area contributed by atoms with E-state index in [2.05, 4.69) is 10.0 Å². The molecule has 0 fully saturated rings. The van der Waals surface area contributed by atoms with E-state index in [-0.39, 0.29) is 32.9 Å². The zero-order valence-electron chi connectivity index (χ0n) is 13.9. The molecule has 0 aliphatic carbocycles. The lowest BCUT2D eigenvalue weighted by Gasteiger charge is -2.12. The van der Waals surface area contributed by atoms with E-state index in [1.165, 1.54) is 36.4 Å². The molecular weight excluding hydrogens is 382 g/mol. The fourth-order valence-electron chi connectivity index (χ4n) is 2.12. The Labute approximate surface area is 155 Å². The topological polar surface area (TPSA) is 118 Å². The van der Waals surface area contributed by atoms with Gasteiger partial charge in [0, 0.05) is 23.9 Å². The first kappa shape index (κ1) is 19.8. The number of rotatable bonds is 6. The number of carbonyl (C=O) groups is 1. The normalized spacial score (nSPS) is 11.4. The molecule has 2 aromatic rings. The van der Waals surface area contributed by atoms with E-state index >= 15 is 0 Å². The van der Waals surface area contributed by atoms with Crippen LogP contribution in [0.15, 0.2) is 47.4 Å². The molecule has 0 aliphatic heterocycles. The minimum Gasteiger partial charge on any atom is -0.322 e. The minimum atomic E-state index is -3.80. The van der Waals surface area contributed by atoms with Crippen molar-refractivity contribution in [2.75, 3.05) is 5.32 Å². The maximum atomic E-state index is 12.4. The van der Waals surface area contributed by atoms with E-state index < -0.39 is 20.9 Å². The van der Waals surface area contributed by atoms with Crippen LogP contribution in [0.3, 0.4) is 0 Å². The highest BCUT2D eigenvalue weighted by Crippen LogP contribution is 2.23. The van der Waals surface area contributed by atoms with E-state index in [9.17, 15) is 23.3 Å². The van der Waals surface area contributed by atoms with E-state index in [1.807, 2.05) is 0 Å². The Balaban J connectivity index is 2.33. The zero-order valence-corrected chi connectivity index (χ0v) is 15.5. The van der Waals surface area contributed by atoms with Gasteiger partial charge in [-0.3, -0.25) is 14.9 Å². The third kappa shape index (κ3) is 4.78. The van der Waals surface area contributed by atoms with Crippen LogP contribution >= 0.6 is 11.6 Å². The predicted octanol–water partition coefficient (Wildman–Crippen LogP) is 3.19. The van der Waals surface area contributed by atoms with Crippen LogP contribution < -0.4 is 10.0 Å². The molecule has 26 heavy (non-hydrogen) atoms. The number of carbonyl (C=O) groups excluding carboxylic acids is 1. The quantitative estimate of drug-likeness (QED) is 0.573. The van der Waals surface area contributed by atoms with Crippen LogP contribution in [0.5, 0.6) is 0 Å². The Morgan fingerprint density at radius 1 is 1.19 bits per heavy atom. The van der Waals surface area contributed by atoms with Crippen LogP contribution in [0, 0.1) is 10.1 Å². The van der Waals surface area contributed by atoms with Crippen LogP contribution in [-0.2, 0) is 10.0 Å². The fraction of sp³-hybridized carbons (Fsp3) is 0.188. The first-order valence-corrected chi connectivity index (χ1v) is 9.34. The summed E-state index contributed by atoms with van der Waals surface area (Å²) in [6.45, 7) is 3.34. The Kier molecular flexibility index (Phi) is 5.96. The number of anilines is 1. The SMILES string of the molecule is CC(C)NS(=O)(=O)c1ccc(Cl)c(C(=O)Nc2cccc([N+](=O)[O-])c2)c1. The lowest BCUT2D eigenvalue weighted by atomic mass is 10.2. The van der Waals surface area contributed by atoms with Crippen molar-refractivity contribution in [3.8, 4) is 0 Å². The van der Waals surface area contributed by atoms with E-state index in [0.717, 1.165) is 6.07 Å². The van der Waals surface area contributed by atoms with Crippen LogP contribution in [-0.4, -0.2) is 25.3 Å². The van der Waals surface area contributed by atoms with Crippen LogP contribution in [0.1, 0.15) is 24.2 Å². The Morgan fingerprint density at radius 2 is 1.88 bits per heavy atom. The first-order chi connectivity index (χ1) is 12.1. The van der Waals surface area contributed by atoms with Gasteiger partial charge < -0.3 is 5.32 Å². The van der Waals surface area contributed by atoms with Gasteiger partial charge in [-0.2, -0.15) is 0 Å². The van der Waals surface area contributed by atoms with Gasteiger partial charge >= 0.3 is 0 Å². The van der Waals surface area contributed by atoms with Gasteiger partial charge in [0.25, 0.3) is 11.6 Å². The van der Waals surface area contributed by atoms with Crippen molar-refractivity contribution in [2.24, 2.45) is 0 Å². The molecular formula is C16H16ClN3O5S. The molecule has 0 heterocycles. The smallest absolute Gasteiger partial charge is 0.271 e. The Hall–Kier alpha value is -2.49. The summed E-state index contributed by atoms with van der Waals surface area (Å²) < 4.78 is 26.9. The number of halogens is 1. The predicted molar refractivity (Wildman–Crippen MR) is 98.0 cm³/mol. The van der Waals surface area contributed by atoms with Gasteiger partial charge in [0.2, 0.25) is 10.0 Å². The number of nitro groups is 1. The highest BCUT2D eigenvalue weighted by atomic mass is 35.5. The standard InChI is InChI=1S/C16H16ClN3O5S/c1-10(2)19-26(24,25)13-6-7-15(17)14(9-13)16(21)18-11-4-3-5-12(8-11)20(22)23/h3-10,19H,1-2H3,(H,18,21). The maximum Gasteiger partial charge on any atom is 0.271 e. The number of nitrogens with one attached hydrogen (secondary N) is 2. The molecule has 0 atom stereocenters. The summed E-state index contributed by atoms with van der Waals surface area (Å²) in [5.74, 6) is -0.683. The van der Waals surface area contributed by atoms with E-state index in [4.69, 9.17) is 11.6 Å². The number of nitro benzene ring substituents is 1. The molecule has 1 amide bonds. The van der Waals surface area contributed by atoms with Crippen molar-refractivity contribution in [2.45, 2.75) is 24.8 Å². The number of hydrogen-bond donors (Lipinski definition) is 2. The van der Waals surface area contributed by atoms with Gasteiger partial charge in [-0.25, -0.2) is 13.1 Å². The van der Waals surface area contributed by atoms with Crippen LogP contribution in [0.4, 0.5) is 11.4 Å². The zero-order chi connectivity index (χ0) is 19.5. The van der Waals surface area contributed by atoms with Gasteiger partial charge in [0.1, 0.15) is 0 Å². The van der Waals surface area contributed by atoms with E-state index in [0.29, 0.717) is 0 Å². The highest BCUT2D eigenvalue weighted by Gasteiger charge is 2.20. The third-order valence-corrected chi connectivity index (χ3v) is 5.18. The third-order valence-electron chi connectivity index (χ3n) is 3.20. The van der Waals surface area contributed by atoms with Gasteiger partial charge in [-0.1, -0.05) is 17.7 Å². The summed E-state index contributed by atoms with van der Waals surface area (Å²) in [6, 6.07) is 8.79. The molecule has 0 saturated heterocycles. The molecule has 0 bridgehead atoms. The van der Waals surface area contributed by atoms with Gasteiger partial charge in [0.15, 0.2) is 0 Å². The van der Waals surface area contributed by atoms with Crippen molar-refractivity contribution in [1.29, 1.82) is 0 Å². The first-order valence-electron chi connectivity index (χ1n) is 7.48. The average molecular weight is 398 g/mol. The fourth-order valence-corrected chi connectivity index (χ4v) is 3.60. The van der Waals surface area contributed by atoms with Gasteiger partial charge in [-0.05, 0) is 38.1 Å². The molecule has 0 spiro atoms. The Morgan fingerprint density at radius 3 is 2.50 bits per heavy atom. The molecule has 2 rings (SSSR count). The summed E-state index contributed by atoms with van der Waals surface area (Å²) in [4.78, 5) is 22.5. The molecule has 10 heteroatoms. The van der Waals surface area contributed by atoms with Gasteiger partial charge in [0.05, 0.1) is 20.4 Å². The summed E-state index contributed by atoms with van der Waals surface area (Å²) in [5.41, 5.74) is -0.0648. The average Bonchev–Trinajstić information content (AvgIpc) is 2.54. The molecule has 0 aromatic heterocycles. The van der Waals surface area contributed by atoms with Crippen molar-refractivity contribution >= 4 is 38.9 Å². The van der Waals surface area contributed by atoms with Crippen molar-refractivity contribution in [3.05, 3.63) is 63.2 Å². The molecule has 2 aromatic carbocycles. The van der Waals surface area contributed by atoms with Crippen molar-refractivity contribution in [1.82, 2.24) is 4.72 Å². The lowest BCUT2D eigenvalue weighted by Crippen LogP contribution is -2.30. The number of amides is 1. The monoisotopic (exact) mass is 397 g/mol. The Bertz CT molecular complexity index is 960. The number of nitrogens with zero attached hydrogens (tertiary/aromatic N) is 1. The summed E-state index contributed by atoms with van der Waals surface area (Å²) in [5, 5.41) is 13.3. The second-order valence-electron chi connectivity index (χ2n) is 5.68. The number of hydrogen-bond acceptors (Lipinski definition) is 5. The number of non-ortho nitro benzene ring substituents is 1. The minimum absolute atomic E-state index is 0.0522. The largest absolute Gasteiger partial charge is 0.322 e. The molecule has 0 unspecified atom stereocenters. The lowest BCUT2D eigenvalue weighted by molar-refractivity contribution is -0.384. The van der Waals surface area contributed by atoms with Crippen LogP contribution in [0.25, 0.3) is 0 Å². The molecule has 138 valence electrons. The summed E-state index contributed by atoms with van der Waals surface area (Å²) in [6.07, 6.45) is 0. The van der Waals surface area contributed by atoms with Crippen LogP contribution in [0.2, 0.25) is 5.02 Å². The molecule has 2 N–H and O–H groups in total. The molecule has 0 radical (unpaired) electrons. The van der Waals surface area contributed by atoms with E-state index in [1.54, 1.807) is 13.8 Å². The van der Waals surface area contributed by atoms with Gasteiger partial charge in [-0.15, -0.1) is 0 Å². The maximum absolute atomic E-state index is 12.4. The van der Waals surface area contributed by atoms with Crippen molar-refractivity contribution in [3.63, 3.8) is 0 Å². The second kappa shape index (κ2) is 7.81. The summed E-state index contributed by atoms with van der Waals surface area (Å²) >= 11 is 6.01. The highest BCUT2D eigenvalue weighted by molar-refractivity contribution is 7.89. The van der Waals surface area contributed by atoms with Crippen molar-refractivity contribution < 1.29 is 18.1 Å².